The van der Waals surface area contributed by atoms with Crippen LogP contribution in [-0.4, -0.2) is 22.3 Å². The molecule has 5 nitrogen and oxygen atoms in total. The van der Waals surface area contributed by atoms with Crippen molar-refractivity contribution in [1.29, 1.82) is 0 Å². The van der Waals surface area contributed by atoms with E-state index in [1.807, 2.05) is 22.6 Å². The largest absolute Gasteiger partial charge is 0.507 e. The molecule has 0 aliphatic heterocycles. The number of hydrazone groups is 1. The van der Waals surface area contributed by atoms with Crippen LogP contribution in [0.15, 0.2) is 35.4 Å². The third-order valence-electron chi connectivity index (χ3n) is 3.10. The van der Waals surface area contributed by atoms with Gasteiger partial charge in [0.15, 0.2) is 0 Å². The second-order valence-corrected chi connectivity index (χ2v) is 6.03. The molecule has 0 atom stereocenters. The molecule has 0 radical (unpaired) electrons. The number of nitrogens with one attached hydrogen (secondary N) is 1. The van der Waals surface area contributed by atoms with Gasteiger partial charge in [-0.1, -0.05) is 0 Å². The number of carbonyl (C=O) groups excluding carboxylic acids is 1. The van der Waals surface area contributed by atoms with Crippen molar-refractivity contribution in [1.82, 2.24) is 5.43 Å². The maximum absolute atomic E-state index is 11.9. The minimum absolute atomic E-state index is 0.0574. The topological polar surface area (TPSA) is 81.9 Å². The Morgan fingerprint density at radius 2 is 1.82 bits per heavy atom. The molecule has 114 valence electrons. The van der Waals surface area contributed by atoms with Crippen LogP contribution in [0.3, 0.4) is 0 Å². The molecular formula is C16H15IN2O3. The molecule has 2 rings (SSSR count). The number of phenols is 2. The average molecular weight is 410 g/mol. The molecule has 0 fully saturated rings. The van der Waals surface area contributed by atoms with E-state index in [9.17, 15) is 15.0 Å². The summed E-state index contributed by atoms with van der Waals surface area (Å²) in [6, 6.07) is 8.20. The molecule has 2 aromatic rings. The van der Waals surface area contributed by atoms with Crippen LogP contribution in [0.2, 0.25) is 0 Å². The Morgan fingerprint density at radius 1 is 1.18 bits per heavy atom. The number of hydrogen-bond donors (Lipinski definition) is 3. The summed E-state index contributed by atoms with van der Waals surface area (Å²) < 4.78 is 0.674. The number of rotatable bonds is 3. The van der Waals surface area contributed by atoms with Gasteiger partial charge in [-0.3, -0.25) is 4.79 Å². The zero-order valence-electron chi connectivity index (χ0n) is 12.1. The first-order valence-corrected chi connectivity index (χ1v) is 7.58. The van der Waals surface area contributed by atoms with Gasteiger partial charge in [0.25, 0.3) is 5.91 Å². The van der Waals surface area contributed by atoms with Gasteiger partial charge in [-0.15, -0.1) is 0 Å². The van der Waals surface area contributed by atoms with E-state index < -0.39 is 5.91 Å². The normalized spacial score (nSPS) is 10.9. The van der Waals surface area contributed by atoms with E-state index in [0.717, 1.165) is 16.7 Å². The second-order valence-electron chi connectivity index (χ2n) is 4.87. The third kappa shape index (κ3) is 3.76. The summed E-state index contributed by atoms with van der Waals surface area (Å²) in [5.74, 6) is -0.0901. The summed E-state index contributed by atoms with van der Waals surface area (Å²) in [6.07, 6.45) is 1.50. The van der Waals surface area contributed by atoms with Crippen LogP contribution in [0.1, 0.15) is 27.0 Å². The van der Waals surface area contributed by atoms with Gasteiger partial charge in [0.05, 0.1) is 9.78 Å². The van der Waals surface area contributed by atoms with E-state index in [1.54, 1.807) is 38.1 Å². The molecule has 0 spiro atoms. The molecule has 6 heteroatoms. The average Bonchev–Trinajstić information content (AvgIpc) is 2.47. The number of hydrogen-bond acceptors (Lipinski definition) is 4. The smallest absolute Gasteiger partial charge is 0.271 e. The molecule has 3 N–H and O–H groups in total. The molecule has 2 aromatic carbocycles. The summed E-state index contributed by atoms with van der Waals surface area (Å²) in [5, 5.41) is 23.2. The monoisotopic (exact) mass is 410 g/mol. The first-order chi connectivity index (χ1) is 10.4. The minimum atomic E-state index is -0.407. The lowest BCUT2D eigenvalue weighted by Crippen LogP contribution is -2.17. The van der Waals surface area contributed by atoms with Crippen LogP contribution >= 0.6 is 22.6 Å². The summed E-state index contributed by atoms with van der Waals surface area (Å²) >= 11 is 1.98. The molecule has 0 heterocycles. The fourth-order valence-corrected chi connectivity index (χ4v) is 2.28. The van der Waals surface area contributed by atoms with Crippen molar-refractivity contribution in [2.75, 3.05) is 0 Å². The number of phenolic OH excluding ortho intramolecular Hbond substituents is 2. The summed E-state index contributed by atoms with van der Waals surface area (Å²) in [7, 11) is 0. The maximum Gasteiger partial charge on any atom is 0.271 e. The highest BCUT2D eigenvalue weighted by molar-refractivity contribution is 14.1. The zero-order chi connectivity index (χ0) is 16.3. The number of amides is 1. The molecule has 0 aromatic heterocycles. The van der Waals surface area contributed by atoms with Gasteiger partial charge in [-0.05, 0) is 83.5 Å². The molecule has 0 unspecified atom stereocenters. The minimum Gasteiger partial charge on any atom is -0.507 e. The van der Waals surface area contributed by atoms with Gasteiger partial charge in [-0.2, -0.15) is 5.10 Å². The maximum atomic E-state index is 11.9. The van der Waals surface area contributed by atoms with Crippen LogP contribution in [0.5, 0.6) is 11.5 Å². The Bertz CT molecular complexity index is 734. The van der Waals surface area contributed by atoms with E-state index in [-0.39, 0.29) is 11.5 Å². The molecule has 0 aliphatic rings. The van der Waals surface area contributed by atoms with Crippen LogP contribution in [0.25, 0.3) is 0 Å². The lowest BCUT2D eigenvalue weighted by molar-refractivity contribution is 0.0954. The first kappa shape index (κ1) is 16.3. The van der Waals surface area contributed by atoms with Gasteiger partial charge in [0.2, 0.25) is 0 Å². The Labute approximate surface area is 141 Å². The summed E-state index contributed by atoms with van der Waals surface area (Å²) in [6.45, 7) is 3.60. The standard InChI is InChI=1S/C16H15IN2O3/c1-9-5-11(6-10(2)15(9)21)8-18-19-16(22)12-3-4-13(17)14(20)7-12/h3-8,20-21H,1-2H3,(H,19,22)/b18-8-. The highest BCUT2D eigenvalue weighted by Gasteiger charge is 2.07. The van der Waals surface area contributed by atoms with E-state index in [0.29, 0.717) is 9.13 Å². The molecule has 0 bridgehead atoms. The fourth-order valence-electron chi connectivity index (χ4n) is 1.95. The Balaban J connectivity index is 2.09. The van der Waals surface area contributed by atoms with Gasteiger partial charge < -0.3 is 10.2 Å². The van der Waals surface area contributed by atoms with Gasteiger partial charge in [0.1, 0.15) is 11.5 Å². The molecule has 0 saturated heterocycles. The third-order valence-corrected chi connectivity index (χ3v) is 4.01. The molecule has 1 amide bonds. The van der Waals surface area contributed by atoms with Crippen molar-refractivity contribution < 1.29 is 15.0 Å². The fraction of sp³-hybridized carbons (Fsp3) is 0.125. The predicted octanol–water partition coefficient (Wildman–Crippen LogP) is 3.08. The van der Waals surface area contributed by atoms with E-state index in [2.05, 4.69) is 10.5 Å². The van der Waals surface area contributed by atoms with Crippen molar-refractivity contribution in [2.24, 2.45) is 5.10 Å². The number of halogens is 1. The van der Waals surface area contributed by atoms with Crippen LogP contribution in [0, 0.1) is 17.4 Å². The van der Waals surface area contributed by atoms with E-state index in [4.69, 9.17) is 0 Å². The molecule has 0 aliphatic carbocycles. The number of nitrogens with zero attached hydrogens (tertiary/aromatic N) is 1. The highest BCUT2D eigenvalue weighted by atomic mass is 127. The molecule has 0 saturated carbocycles. The summed E-state index contributed by atoms with van der Waals surface area (Å²) in [4.78, 5) is 11.9. The van der Waals surface area contributed by atoms with Crippen LogP contribution in [0.4, 0.5) is 0 Å². The van der Waals surface area contributed by atoms with Gasteiger partial charge in [0, 0.05) is 5.56 Å². The lowest BCUT2D eigenvalue weighted by atomic mass is 10.1. The van der Waals surface area contributed by atoms with E-state index in [1.165, 1.54) is 12.3 Å². The van der Waals surface area contributed by atoms with Gasteiger partial charge in [-0.25, -0.2) is 5.43 Å². The quantitative estimate of drug-likeness (QED) is 0.413. The second kappa shape index (κ2) is 6.78. The Morgan fingerprint density at radius 3 is 2.41 bits per heavy atom. The highest BCUT2D eigenvalue weighted by Crippen LogP contribution is 2.22. The molecular weight excluding hydrogens is 395 g/mol. The van der Waals surface area contributed by atoms with Crippen LogP contribution < -0.4 is 5.43 Å². The number of carbonyl (C=O) groups is 1. The number of aromatic hydroxyl groups is 2. The zero-order valence-corrected chi connectivity index (χ0v) is 14.2. The number of aryl methyl sites for hydroxylation is 2. The van der Waals surface area contributed by atoms with Crippen molar-refractivity contribution in [2.45, 2.75) is 13.8 Å². The van der Waals surface area contributed by atoms with Crippen molar-refractivity contribution in [3.05, 3.63) is 56.2 Å². The SMILES string of the molecule is Cc1cc(/C=N\NC(=O)c2ccc(I)c(O)c2)cc(C)c1O. The van der Waals surface area contributed by atoms with Crippen molar-refractivity contribution in [3.8, 4) is 11.5 Å². The van der Waals surface area contributed by atoms with Crippen LogP contribution in [-0.2, 0) is 0 Å². The summed E-state index contributed by atoms with van der Waals surface area (Å²) in [5.41, 5.74) is 5.00. The number of benzene rings is 2. The Hall–Kier alpha value is -2.09. The van der Waals surface area contributed by atoms with E-state index >= 15 is 0 Å². The van der Waals surface area contributed by atoms with Crippen molar-refractivity contribution in [3.63, 3.8) is 0 Å². The van der Waals surface area contributed by atoms with Gasteiger partial charge >= 0.3 is 0 Å². The van der Waals surface area contributed by atoms with Crippen molar-refractivity contribution >= 4 is 34.7 Å². The predicted molar refractivity (Wildman–Crippen MR) is 93.5 cm³/mol. The Kier molecular flexibility index (Phi) is 5.02. The molecule has 22 heavy (non-hydrogen) atoms. The first-order valence-electron chi connectivity index (χ1n) is 6.50. The lowest BCUT2D eigenvalue weighted by Gasteiger charge is -2.05.